The molecule has 2 nitrogen and oxygen atoms in total. The third-order valence-electron chi connectivity index (χ3n) is 4.55. The SMILES string of the molecule is O=c1c2ccccc2c2c(-c3ccccc3Cl)sc3cc(Cl)ccc3n1-2. The molecular formula is C21H11Cl2NOS. The second kappa shape index (κ2) is 5.85. The van der Waals surface area contributed by atoms with E-state index >= 15 is 0 Å². The molecule has 3 aromatic carbocycles. The largest absolute Gasteiger partial charge is 0.273 e. The van der Waals surface area contributed by atoms with Crippen molar-refractivity contribution in [2.24, 2.45) is 0 Å². The Balaban J connectivity index is 2.08. The molecule has 0 bridgehead atoms. The lowest BCUT2D eigenvalue weighted by molar-refractivity contribution is 1.10. The van der Waals surface area contributed by atoms with Gasteiger partial charge < -0.3 is 0 Å². The molecule has 0 saturated carbocycles. The van der Waals surface area contributed by atoms with Crippen LogP contribution in [0.2, 0.25) is 10.0 Å². The van der Waals surface area contributed by atoms with Crippen molar-refractivity contribution in [1.82, 2.24) is 4.57 Å². The van der Waals surface area contributed by atoms with Gasteiger partial charge in [0.05, 0.1) is 20.8 Å². The van der Waals surface area contributed by atoms with Crippen LogP contribution in [0.5, 0.6) is 0 Å². The monoisotopic (exact) mass is 395 g/mol. The van der Waals surface area contributed by atoms with Crippen molar-refractivity contribution < 1.29 is 0 Å². The highest BCUT2D eigenvalue weighted by Crippen LogP contribution is 2.43. The van der Waals surface area contributed by atoms with Gasteiger partial charge in [0.25, 0.3) is 5.56 Å². The quantitative estimate of drug-likeness (QED) is 0.312. The molecule has 0 aliphatic carbocycles. The second-order valence-electron chi connectivity index (χ2n) is 6.06. The van der Waals surface area contributed by atoms with Crippen LogP contribution in [0.25, 0.3) is 37.1 Å². The second-order valence-corrected chi connectivity index (χ2v) is 7.95. The van der Waals surface area contributed by atoms with Crippen LogP contribution in [-0.4, -0.2) is 4.57 Å². The summed E-state index contributed by atoms with van der Waals surface area (Å²) in [7, 11) is 0. The number of benzene rings is 3. The summed E-state index contributed by atoms with van der Waals surface area (Å²) >= 11 is 14.3. The molecule has 5 heteroatoms. The number of halogens is 2. The molecule has 2 aliphatic rings. The number of hydrogen-bond acceptors (Lipinski definition) is 2. The van der Waals surface area contributed by atoms with Crippen molar-refractivity contribution in [1.29, 1.82) is 0 Å². The van der Waals surface area contributed by atoms with Crippen LogP contribution in [0.15, 0.2) is 71.5 Å². The molecule has 26 heavy (non-hydrogen) atoms. The van der Waals surface area contributed by atoms with Crippen LogP contribution in [-0.2, 0) is 0 Å². The lowest BCUT2D eigenvalue weighted by atomic mass is 10.1. The van der Waals surface area contributed by atoms with Crippen molar-refractivity contribution in [3.8, 4) is 16.1 Å². The summed E-state index contributed by atoms with van der Waals surface area (Å²) in [5.41, 5.74) is 2.63. The van der Waals surface area contributed by atoms with Crippen LogP contribution in [0.4, 0.5) is 0 Å². The normalized spacial score (nSPS) is 11.6. The molecule has 0 N–H and O–H groups in total. The summed E-state index contributed by atoms with van der Waals surface area (Å²) in [6, 6.07) is 21.0. The summed E-state index contributed by atoms with van der Waals surface area (Å²) < 4.78 is 2.73. The zero-order chi connectivity index (χ0) is 17.8. The number of aromatic nitrogens is 1. The topological polar surface area (TPSA) is 22.0 Å². The Bertz CT molecular complexity index is 1340. The fraction of sp³-hybridized carbons (Fsp3) is 0. The van der Waals surface area contributed by atoms with E-state index in [0.29, 0.717) is 15.4 Å². The molecule has 0 spiro atoms. The first-order valence-corrected chi connectivity index (χ1v) is 9.63. The maximum Gasteiger partial charge on any atom is 0.263 e. The van der Waals surface area contributed by atoms with E-state index in [1.807, 2.05) is 66.7 Å². The lowest BCUT2D eigenvalue weighted by Gasteiger charge is -2.15. The van der Waals surface area contributed by atoms with Gasteiger partial charge in [-0.15, -0.1) is 11.3 Å². The standard InChI is InChI=1S/C21H11Cl2NOS/c22-12-9-10-17-18(11-12)26-20(15-7-3-4-8-16(15)23)19-13-5-1-2-6-14(13)21(25)24(17)19/h1-11H. The van der Waals surface area contributed by atoms with Gasteiger partial charge in [0.15, 0.2) is 0 Å². The lowest BCUT2D eigenvalue weighted by Crippen LogP contribution is -2.13. The predicted molar refractivity (Wildman–Crippen MR) is 112 cm³/mol. The molecule has 2 heterocycles. The average Bonchev–Trinajstić information content (AvgIpc) is 2.95. The van der Waals surface area contributed by atoms with E-state index in [4.69, 9.17) is 23.2 Å². The predicted octanol–water partition coefficient (Wildman–Crippen LogP) is 6.62. The summed E-state index contributed by atoms with van der Waals surface area (Å²) in [6.07, 6.45) is 0. The van der Waals surface area contributed by atoms with Gasteiger partial charge in [-0.3, -0.25) is 9.36 Å². The minimum absolute atomic E-state index is 0.0240. The van der Waals surface area contributed by atoms with Crippen LogP contribution in [0, 0.1) is 0 Å². The highest BCUT2D eigenvalue weighted by atomic mass is 35.5. The van der Waals surface area contributed by atoms with Crippen LogP contribution < -0.4 is 5.56 Å². The Morgan fingerprint density at radius 2 is 1.58 bits per heavy atom. The van der Waals surface area contributed by atoms with Gasteiger partial charge in [0.2, 0.25) is 0 Å². The molecule has 0 saturated heterocycles. The fourth-order valence-corrected chi connectivity index (χ4v) is 5.19. The Labute approximate surface area is 163 Å². The first-order valence-electron chi connectivity index (χ1n) is 8.05. The van der Waals surface area contributed by atoms with E-state index in [2.05, 4.69) is 0 Å². The van der Waals surface area contributed by atoms with E-state index in [-0.39, 0.29) is 5.56 Å². The molecule has 2 aliphatic heterocycles. The van der Waals surface area contributed by atoms with Gasteiger partial charge >= 0.3 is 0 Å². The first kappa shape index (κ1) is 15.9. The molecule has 0 atom stereocenters. The number of rotatable bonds is 1. The summed E-state index contributed by atoms with van der Waals surface area (Å²) in [4.78, 5) is 14.1. The third kappa shape index (κ3) is 2.21. The van der Waals surface area contributed by atoms with Gasteiger partial charge in [0.1, 0.15) is 0 Å². The Morgan fingerprint density at radius 3 is 2.38 bits per heavy atom. The summed E-state index contributed by atoms with van der Waals surface area (Å²) in [6.45, 7) is 0. The Hall–Kier alpha value is -2.33. The van der Waals surface area contributed by atoms with E-state index in [1.165, 1.54) is 0 Å². The Kier molecular flexibility index (Phi) is 3.57. The average molecular weight is 396 g/mol. The number of hydrogen-bond donors (Lipinski definition) is 0. The van der Waals surface area contributed by atoms with Gasteiger partial charge in [-0.25, -0.2) is 0 Å². The van der Waals surface area contributed by atoms with Gasteiger partial charge in [-0.05, 0) is 30.3 Å². The molecule has 126 valence electrons. The van der Waals surface area contributed by atoms with Crippen LogP contribution in [0.3, 0.4) is 0 Å². The minimum Gasteiger partial charge on any atom is -0.273 e. The van der Waals surface area contributed by atoms with E-state index in [9.17, 15) is 4.79 Å². The maximum absolute atomic E-state index is 13.2. The maximum atomic E-state index is 13.2. The highest BCUT2D eigenvalue weighted by molar-refractivity contribution is 7.22. The van der Waals surface area contributed by atoms with E-state index in [1.54, 1.807) is 15.9 Å². The van der Waals surface area contributed by atoms with Crippen molar-refractivity contribution in [2.45, 2.75) is 0 Å². The molecule has 0 unspecified atom stereocenters. The summed E-state index contributed by atoms with van der Waals surface area (Å²) in [5.74, 6) is 0. The minimum atomic E-state index is -0.0240. The molecule has 0 aromatic heterocycles. The van der Waals surface area contributed by atoms with Gasteiger partial charge in [-0.2, -0.15) is 0 Å². The third-order valence-corrected chi connectivity index (χ3v) is 6.28. The smallest absolute Gasteiger partial charge is 0.263 e. The van der Waals surface area contributed by atoms with Crippen molar-refractivity contribution in [2.75, 3.05) is 0 Å². The van der Waals surface area contributed by atoms with Crippen molar-refractivity contribution >= 4 is 55.5 Å². The van der Waals surface area contributed by atoms with Crippen LogP contribution >= 0.6 is 34.5 Å². The fourth-order valence-electron chi connectivity index (χ4n) is 3.41. The molecule has 0 amide bonds. The molecule has 3 aromatic rings. The van der Waals surface area contributed by atoms with E-state index in [0.717, 1.165) is 31.7 Å². The molecule has 0 radical (unpaired) electrons. The number of fused-ring (bicyclic) bond motifs is 5. The van der Waals surface area contributed by atoms with Crippen LogP contribution in [0.1, 0.15) is 0 Å². The van der Waals surface area contributed by atoms with Gasteiger partial charge in [0, 0.05) is 26.4 Å². The first-order chi connectivity index (χ1) is 12.6. The van der Waals surface area contributed by atoms with E-state index < -0.39 is 0 Å². The van der Waals surface area contributed by atoms with Crippen molar-refractivity contribution in [3.05, 3.63) is 87.1 Å². The van der Waals surface area contributed by atoms with Crippen molar-refractivity contribution in [3.63, 3.8) is 0 Å². The highest BCUT2D eigenvalue weighted by Gasteiger charge is 2.23. The molecule has 0 fully saturated rings. The molecule has 5 rings (SSSR count). The van der Waals surface area contributed by atoms with Gasteiger partial charge in [-0.1, -0.05) is 59.6 Å². The number of nitrogens with zero attached hydrogens (tertiary/aromatic N) is 1. The zero-order valence-corrected chi connectivity index (χ0v) is 15.7. The zero-order valence-electron chi connectivity index (χ0n) is 13.4. The summed E-state index contributed by atoms with van der Waals surface area (Å²) in [5, 5.41) is 2.93. The Morgan fingerprint density at radius 1 is 0.846 bits per heavy atom. The molecular weight excluding hydrogens is 385 g/mol.